The molecule has 195 valence electrons. The van der Waals surface area contributed by atoms with Crippen LogP contribution in [0.4, 0.5) is 0 Å². The largest absolute Gasteiger partial charge is 0.393 e. The fourth-order valence-electron chi connectivity index (χ4n) is 4.07. The number of allylic oxidation sites excluding steroid dienone is 2. The van der Waals surface area contributed by atoms with Gasteiger partial charge >= 0.3 is 0 Å². The molecule has 4 N–H and O–H groups in total. The van der Waals surface area contributed by atoms with Crippen LogP contribution in [0.5, 0.6) is 0 Å². The molecule has 1 aliphatic carbocycles. The van der Waals surface area contributed by atoms with E-state index in [9.17, 15) is 28.5 Å². The summed E-state index contributed by atoms with van der Waals surface area (Å²) in [5.41, 5.74) is 0. The molecule has 1 aromatic rings. The molecular weight excluding hydrogens is 773 g/mol. The zero-order valence-corrected chi connectivity index (χ0v) is 27.7. The SMILES string of the molecule is CS(=O)(=O)N(CO)C(=O)CCC/C=C\C[C@@H]1[C@@H](/C=C/[C@@H](O)CCc2ccc(Br)s2)[C@H](O)C[C@@H]1O.[Ac]. The van der Waals surface area contributed by atoms with Gasteiger partial charge in [-0.1, -0.05) is 24.3 Å². The summed E-state index contributed by atoms with van der Waals surface area (Å²) in [5, 5.41) is 40.1. The molecule has 8 nitrogen and oxygen atoms in total. The summed E-state index contributed by atoms with van der Waals surface area (Å²) in [5.74, 6) is -1.09. The normalized spacial score (nSPS) is 23.6. The van der Waals surface area contributed by atoms with E-state index >= 15 is 0 Å². The number of aryl methyl sites for hydroxylation is 1. The van der Waals surface area contributed by atoms with E-state index in [4.69, 9.17) is 5.11 Å². The van der Waals surface area contributed by atoms with E-state index in [1.807, 2.05) is 30.4 Å². The number of halogens is 1. The van der Waals surface area contributed by atoms with E-state index in [-0.39, 0.29) is 68.7 Å². The Morgan fingerprint density at radius 2 is 2.00 bits per heavy atom. The van der Waals surface area contributed by atoms with E-state index in [1.54, 1.807) is 17.4 Å². The van der Waals surface area contributed by atoms with Gasteiger partial charge in [0.2, 0.25) is 15.9 Å². The maximum absolute atomic E-state index is 11.9. The average Bonchev–Trinajstić information content (AvgIpc) is 3.28. The molecule has 1 saturated carbocycles. The maximum atomic E-state index is 11.9. The monoisotopic (exact) mass is 806 g/mol. The Kier molecular flexibility index (Phi) is 15.6. The molecule has 1 heterocycles. The molecule has 0 unspecified atom stereocenters. The van der Waals surface area contributed by atoms with Crippen LogP contribution in [0.1, 0.15) is 43.4 Å². The van der Waals surface area contributed by atoms with E-state index in [0.29, 0.717) is 30.0 Å². The van der Waals surface area contributed by atoms with E-state index < -0.39 is 41.0 Å². The zero-order chi connectivity index (χ0) is 25.3. The third-order valence-electron chi connectivity index (χ3n) is 5.93. The molecule has 1 amide bonds. The number of nitrogens with zero attached hydrogens (tertiary/aromatic N) is 1. The number of aliphatic hydroxyl groups is 4. The molecule has 0 bridgehead atoms. The van der Waals surface area contributed by atoms with Gasteiger partial charge in [-0.05, 0) is 66.1 Å². The number of hydrogen-bond acceptors (Lipinski definition) is 8. The first-order valence-corrected chi connectivity index (χ1v) is 14.7. The van der Waals surface area contributed by atoms with Gasteiger partial charge in [-0.2, -0.15) is 0 Å². The Morgan fingerprint density at radius 3 is 2.60 bits per heavy atom. The Bertz CT molecular complexity index is 953. The van der Waals surface area contributed by atoms with Crippen molar-refractivity contribution in [3.05, 3.63) is 45.1 Å². The van der Waals surface area contributed by atoms with Gasteiger partial charge in [0.1, 0.15) is 6.73 Å². The molecule has 1 radical (unpaired) electrons. The Morgan fingerprint density at radius 1 is 1.29 bits per heavy atom. The van der Waals surface area contributed by atoms with Crippen molar-refractivity contribution in [3.8, 4) is 0 Å². The van der Waals surface area contributed by atoms with Gasteiger partial charge in [-0.3, -0.25) is 4.79 Å². The predicted molar refractivity (Wildman–Crippen MR) is 135 cm³/mol. The second kappa shape index (κ2) is 16.4. The van der Waals surface area contributed by atoms with E-state index in [1.165, 1.54) is 4.88 Å². The molecule has 12 heteroatoms. The summed E-state index contributed by atoms with van der Waals surface area (Å²) in [6.45, 7) is -0.870. The number of rotatable bonds is 13. The molecule has 0 spiro atoms. The van der Waals surface area contributed by atoms with E-state index in [2.05, 4.69) is 15.9 Å². The summed E-state index contributed by atoms with van der Waals surface area (Å²) in [6, 6.07) is 4.00. The first-order valence-electron chi connectivity index (χ1n) is 11.3. The molecule has 0 aromatic carbocycles. The summed E-state index contributed by atoms with van der Waals surface area (Å²) in [7, 11) is -3.78. The molecule has 1 fully saturated rings. The van der Waals surface area contributed by atoms with Crippen LogP contribution in [-0.2, 0) is 21.2 Å². The number of carbonyl (C=O) groups is 1. The fraction of sp³-hybridized carbons (Fsp3) is 0.609. The summed E-state index contributed by atoms with van der Waals surface area (Å²) < 4.78 is 24.4. The number of hydrogen-bond donors (Lipinski definition) is 4. The zero-order valence-electron chi connectivity index (χ0n) is 19.7. The van der Waals surface area contributed by atoms with Crippen LogP contribution >= 0.6 is 27.3 Å². The van der Waals surface area contributed by atoms with Crippen LogP contribution in [-0.4, -0.2) is 70.4 Å². The Hall–Kier alpha value is 0.362. The number of amides is 1. The van der Waals surface area contributed by atoms with Crippen LogP contribution in [0, 0.1) is 55.9 Å². The average molecular weight is 808 g/mol. The number of sulfonamides is 1. The van der Waals surface area contributed by atoms with Crippen LogP contribution in [0.15, 0.2) is 40.2 Å². The number of thiophene rings is 1. The van der Waals surface area contributed by atoms with E-state index in [0.717, 1.165) is 16.5 Å². The van der Waals surface area contributed by atoms with Crippen molar-refractivity contribution in [2.24, 2.45) is 11.8 Å². The Balaban J connectivity index is 0.00000612. The maximum Gasteiger partial charge on any atom is 0.238 e. The quantitative estimate of drug-likeness (QED) is 0.137. The molecule has 2 rings (SSSR count). The van der Waals surface area contributed by atoms with Gasteiger partial charge in [-0.15, -0.1) is 11.3 Å². The fourth-order valence-corrected chi connectivity index (χ4v) is 6.24. The standard InChI is InChI=1S/C23H34BrNO7S2.Ac/c1-34(31,32)25(15-26)23(30)7-5-3-2-4-6-18-19(21(29)14-20(18)28)12-9-16(27)8-10-17-11-13-22(24)33-17;/h2,4,9,11-13,16,18-21,26-29H,3,5-8,10,14-15H2,1H3;/b4-2-,12-9+;/t16-,18+,19+,20-,21+;/m0./s1. The van der Waals surface area contributed by atoms with Crippen molar-refractivity contribution in [3.63, 3.8) is 0 Å². The van der Waals surface area contributed by atoms with Gasteiger partial charge in [0.25, 0.3) is 0 Å². The third-order valence-corrected chi connectivity index (χ3v) is 8.73. The van der Waals surface area contributed by atoms with Crippen molar-refractivity contribution >= 4 is 43.2 Å². The van der Waals surface area contributed by atoms with Crippen molar-refractivity contribution in [2.45, 2.75) is 63.3 Å². The molecule has 0 aliphatic heterocycles. The minimum atomic E-state index is -3.78. The molecular formula is C23H34AcBrNO7S2. The van der Waals surface area contributed by atoms with Crippen LogP contribution < -0.4 is 0 Å². The van der Waals surface area contributed by atoms with Crippen LogP contribution in [0.2, 0.25) is 0 Å². The number of aliphatic hydroxyl groups excluding tert-OH is 4. The number of unbranched alkanes of at least 4 members (excludes halogenated alkanes) is 1. The van der Waals surface area contributed by atoms with Crippen molar-refractivity contribution in [2.75, 3.05) is 13.0 Å². The van der Waals surface area contributed by atoms with Gasteiger partial charge in [-0.25, -0.2) is 12.7 Å². The summed E-state index contributed by atoms with van der Waals surface area (Å²) >= 11 is 5.06. The first-order chi connectivity index (χ1) is 16.0. The minimum absolute atomic E-state index is 0. The third kappa shape index (κ3) is 11.3. The van der Waals surface area contributed by atoms with Crippen molar-refractivity contribution in [1.29, 1.82) is 0 Å². The molecule has 0 saturated heterocycles. The predicted octanol–water partition coefficient (Wildman–Crippen LogP) is 2.57. The second-order valence-electron chi connectivity index (χ2n) is 8.55. The molecule has 1 aliphatic rings. The summed E-state index contributed by atoms with van der Waals surface area (Å²) in [6.07, 6.45) is 9.28. The van der Waals surface area contributed by atoms with Gasteiger partial charge < -0.3 is 20.4 Å². The van der Waals surface area contributed by atoms with Crippen LogP contribution in [0.3, 0.4) is 0 Å². The minimum Gasteiger partial charge on any atom is -0.393 e. The van der Waals surface area contributed by atoms with Gasteiger partial charge in [0.15, 0.2) is 0 Å². The Labute approximate surface area is 255 Å². The van der Waals surface area contributed by atoms with Crippen molar-refractivity contribution < 1.29 is 77.7 Å². The van der Waals surface area contributed by atoms with Gasteiger partial charge in [0.05, 0.1) is 28.4 Å². The smallest absolute Gasteiger partial charge is 0.238 e. The topological polar surface area (TPSA) is 135 Å². The molecule has 5 atom stereocenters. The van der Waals surface area contributed by atoms with Gasteiger partial charge in [0, 0.05) is 67.7 Å². The first kappa shape index (κ1) is 33.4. The summed E-state index contributed by atoms with van der Waals surface area (Å²) in [4.78, 5) is 13.1. The number of carbonyl (C=O) groups excluding carboxylic acids is 1. The van der Waals surface area contributed by atoms with Crippen molar-refractivity contribution in [1.82, 2.24) is 4.31 Å². The van der Waals surface area contributed by atoms with Crippen LogP contribution in [0.25, 0.3) is 0 Å². The second-order valence-corrected chi connectivity index (χ2v) is 13.0. The molecule has 1 aromatic heterocycles. The molecule has 35 heavy (non-hydrogen) atoms.